The molecule has 0 radical (unpaired) electrons. The van der Waals surface area contributed by atoms with Gasteiger partial charge < -0.3 is 5.32 Å². The number of rotatable bonds is 0. The number of hydrogen-bond acceptors (Lipinski definition) is 1. The fraction of sp³-hybridized carbons (Fsp3) is 0.400. The zero-order chi connectivity index (χ0) is 7.68. The normalized spacial score (nSPS) is 29.0. The second kappa shape index (κ2) is 2.67. The van der Waals surface area contributed by atoms with Gasteiger partial charge in [0.15, 0.2) is 0 Å². The molecule has 1 heterocycles. The highest BCUT2D eigenvalue weighted by Gasteiger charge is 2.13. The van der Waals surface area contributed by atoms with Crippen LogP contribution in [0.5, 0.6) is 0 Å². The summed E-state index contributed by atoms with van der Waals surface area (Å²) in [5.74, 6) is 0.596. The van der Waals surface area contributed by atoms with Gasteiger partial charge in [-0.1, -0.05) is 31.2 Å². The number of fused-ring (bicyclic) bond motifs is 1. The molecule has 0 aromatic carbocycles. The van der Waals surface area contributed by atoms with Gasteiger partial charge in [-0.2, -0.15) is 0 Å². The van der Waals surface area contributed by atoms with Gasteiger partial charge in [0.2, 0.25) is 0 Å². The van der Waals surface area contributed by atoms with Gasteiger partial charge in [-0.15, -0.1) is 0 Å². The molecule has 1 aliphatic heterocycles. The summed E-state index contributed by atoms with van der Waals surface area (Å²) < 4.78 is 0. The highest BCUT2D eigenvalue weighted by Crippen LogP contribution is 2.20. The van der Waals surface area contributed by atoms with E-state index >= 15 is 0 Å². The van der Waals surface area contributed by atoms with Crippen LogP contribution in [0.2, 0.25) is 0 Å². The van der Waals surface area contributed by atoms with Crippen molar-refractivity contribution in [1.82, 2.24) is 5.32 Å². The summed E-state index contributed by atoms with van der Waals surface area (Å²) in [6.45, 7) is 4.32. The summed E-state index contributed by atoms with van der Waals surface area (Å²) in [6.07, 6.45) is 8.96. The first-order valence-electron chi connectivity index (χ1n) is 4.15. The van der Waals surface area contributed by atoms with E-state index in [1.807, 2.05) is 0 Å². The van der Waals surface area contributed by atoms with Crippen LogP contribution < -0.4 is 5.32 Å². The number of nitrogens with one attached hydrogen (secondary N) is 1. The summed E-state index contributed by atoms with van der Waals surface area (Å²) in [5.41, 5.74) is 2.95. The molecule has 1 N–H and O–H groups in total. The summed E-state index contributed by atoms with van der Waals surface area (Å²) in [5, 5.41) is 3.34. The minimum absolute atomic E-state index is 0.596. The van der Waals surface area contributed by atoms with Gasteiger partial charge in [-0.25, -0.2) is 0 Å². The molecular weight excluding hydrogens is 134 g/mol. The van der Waals surface area contributed by atoms with Crippen LogP contribution in [0.3, 0.4) is 0 Å². The van der Waals surface area contributed by atoms with Crippen molar-refractivity contribution in [1.29, 1.82) is 0 Å². The molecule has 0 aromatic heterocycles. The zero-order valence-electron chi connectivity index (χ0n) is 6.80. The molecule has 0 aromatic rings. The fourth-order valence-electron chi connectivity index (χ4n) is 1.61. The Hall–Kier alpha value is -0.820. The second-order valence-corrected chi connectivity index (χ2v) is 3.23. The Morgan fingerprint density at radius 3 is 3.09 bits per heavy atom. The third-order valence-corrected chi connectivity index (χ3v) is 2.22. The van der Waals surface area contributed by atoms with Crippen molar-refractivity contribution in [3.05, 3.63) is 35.5 Å². The smallest absolute Gasteiger partial charge is 0.0211 e. The molecule has 1 saturated heterocycles. The van der Waals surface area contributed by atoms with Crippen LogP contribution in [-0.4, -0.2) is 13.1 Å². The maximum Gasteiger partial charge on any atom is 0.0211 e. The molecule has 1 unspecified atom stereocenters. The minimum Gasteiger partial charge on any atom is -0.309 e. The Morgan fingerprint density at radius 2 is 2.18 bits per heavy atom. The predicted molar refractivity (Wildman–Crippen MR) is 47.3 cm³/mol. The van der Waals surface area contributed by atoms with Crippen molar-refractivity contribution in [2.75, 3.05) is 13.1 Å². The van der Waals surface area contributed by atoms with Crippen molar-refractivity contribution in [3.63, 3.8) is 0 Å². The molecule has 2 aliphatic rings. The Labute approximate surface area is 67.5 Å². The maximum atomic E-state index is 3.34. The summed E-state index contributed by atoms with van der Waals surface area (Å²) in [6, 6.07) is 0. The molecule has 1 nitrogen and oxygen atoms in total. The highest BCUT2D eigenvalue weighted by molar-refractivity contribution is 5.42. The van der Waals surface area contributed by atoms with E-state index in [2.05, 4.69) is 36.5 Å². The van der Waals surface area contributed by atoms with E-state index < -0.39 is 0 Å². The Bertz CT molecular complexity index is 246. The zero-order valence-corrected chi connectivity index (χ0v) is 6.80. The van der Waals surface area contributed by atoms with Gasteiger partial charge in [0.05, 0.1) is 0 Å². The molecule has 11 heavy (non-hydrogen) atoms. The first-order chi connectivity index (χ1) is 5.36. The largest absolute Gasteiger partial charge is 0.309 e. The lowest BCUT2D eigenvalue weighted by Crippen LogP contribution is -2.05. The van der Waals surface area contributed by atoms with E-state index in [0.717, 1.165) is 13.1 Å². The van der Waals surface area contributed by atoms with E-state index in [4.69, 9.17) is 0 Å². The van der Waals surface area contributed by atoms with Crippen molar-refractivity contribution < 1.29 is 0 Å². The van der Waals surface area contributed by atoms with E-state index in [0.29, 0.717) is 5.92 Å². The Kier molecular flexibility index (Phi) is 1.66. The Balaban J connectivity index is 2.34. The van der Waals surface area contributed by atoms with Crippen molar-refractivity contribution in [2.45, 2.75) is 6.92 Å². The second-order valence-electron chi connectivity index (χ2n) is 3.23. The van der Waals surface area contributed by atoms with Gasteiger partial charge in [-0.05, 0) is 17.1 Å². The van der Waals surface area contributed by atoms with Gasteiger partial charge >= 0.3 is 0 Å². The molecule has 0 bridgehead atoms. The molecule has 0 amide bonds. The minimum atomic E-state index is 0.596. The topological polar surface area (TPSA) is 12.0 Å². The molecule has 0 spiro atoms. The van der Waals surface area contributed by atoms with E-state index in [-0.39, 0.29) is 0 Å². The van der Waals surface area contributed by atoms with Gasteiger partial charge in [-0.3, -0.25) is 0 Å². The van der Waals surface area contributed by atoms with Crippen molar-refractivity contribution in [3.8, 4) is 0 Å². The van der Waals surface area contributed by atoms with Crippen LogP contribution in [-0.2, 0) is 0 Å². The van der Waals surface area contributed by atoms with Crippen LogP contribution >= 0.6 is 0 Å². The van der Waals surface area contributed by atoms with Crippen LogP contribution in [0.25, 0.3) is 0 Å². The lowest BCUT2D eigenvalue weighted by Gasteiger charge is -1.98. The molecule has 1 fully saturated rings. The predicted octanol–water partition coefficient (Wildman–Crippen LogP) is 1.65. The maximum absolute atomic E-state index is 3.34. The number of allylic oxidation sites excluding steroid dienone is 4. The molecule has 1 heteroatoms. The van der Waals surface area contributed by atoms with Gasteiger partial charge in [0.1, 0.15) is 0 Å². The van der Waals surface area contributed by atoms with Gasteiger partial charge in [0.25, 0.3) is 0 Å². The van der Waals surface area contributed by atoms with Crippen LogP contribution in [0, 0.1) is 5.92 Å². The average Bonchev–Trinajstić information content (AvgIpc) is 2.31. The first kappa shape index (κ1) is 6.86. The summed E-state index contributed by atoms with van der Waals surface area (Å²) >= 11 is 0. The summed E-state index contributed by atoms with van der Waals surface area (Å²) in [7, 11) is 0. The average molecular weight is 147 g/mol. The molecule has 1 atom stereocenters. The summed E-state index contributed by atoms with van der Waals surface area (Å²) in [4.78, 5) is 0. The third kappa shape index (κ3) is 1.29. The molecular formula is C10H13N. The highest BCUT2D eigenvalue weighted by atomic mass is 14.9. The van der Waals surface area contributed by atoms with Crippen LogP contribution in [0.1, 0.15) is 6.92 Å². The Morgan fingerprint density at radius 1 is 1.36 bits per heavy atom. The SMILES string of the molecule is CC1C=CC=C2CNCC2=C1. The monoisotopic (exact) mass is 147 g/mol. The van der Waals surface area contributed by atoms with E-state index in [1.54, 1.807) is 0 Å². The van der Waals surface area contributed by atoms with Crippen molar-refractivity contribution >= 4 is 0 Å². The number of hydrogen-bond donors (Lipinski definition) is 1. The third-order valence-electron chi connectivity index (χ3n) is 2.22. The molecule has 1 aliphatic carbocycles. The quantitative estimate of drug-likeness (QED) is 0.549. The fourth-order valence-corrected chi connectivity index (χ4v) is 1.61. The van der Waals surface area contributed by atoms with Crippen LogP contribution in [0.15, 0.2) is 35.5 Å². The molecule has 2 rings (SSSR count). The van der Waals surface area contributed by atoms with E-state index in [9.17, 15) is 0 Å². The standard InChI is InChI=1S/C10H13N/c1-8-3-2-4-9-6-11-7-10(9)5-8/h2-5,8,11H,6-7H2,1H3. The molecule has 0 saturated carbocycles. The first-order valence-corrected chi connectivity index (χ1v) is 4.15. The lowest BCUT2D eigenvalue weighted by molar-refractivity contribution is 0.879. The van der Waals surface area contributed by atoms with Gasteiger partial charge in [0, 0.05) is 13.1 Å². The molecule has 58 valence electrons. The van der Waals surface area contributed by atoms with E-state index in [1.165, 1.54) is 11.1 Å². The van der Waals surface area contributed by atoms with Crippen molar-refractivity contribution in [2.24, 2.45) is 5.92 Å². The van der Waals surface area contributed by atoms with Crippen LogP contribution in [0.4, 0.5) is 0 Å². The lowest BCUT2D eigenvalue weighted by atomic mass is 10.1.